The van der Waals surface area contributed by atoms with E-state index >= 15 is 0 Å². The topological polar surface area (TPSA) is 12.0 Å². The van der Waals surface area contributed by atoms with E-state index in [4.69, 9.17) is 0 Å². The Balaban J connectivity index is 2.69. The van der Waals surface area contributed by atoms with Crippen LogP contribution in [-0.2, 0) is 6.42 Å². The molecule has 1 aromatic carbocycles. The minimum absolute atomic E-state index is 0.487. The molecule has 102 valence electrons. The minimum Gasteiger partial charge on any atom is -0.310 e. The molecule has 0 bridgehead atoms. The van der Waals surface area contributed by atoms with Crippen molar-refractivity contribution in [2.75, 3.05) is 12.3 Å². The maximum absolute atomic E-state index is 3.61. The van der Waals surface area contributed by atoms with E-state index in [1.165, 1.54) is 17.5 Å². The normalized spacial score (nSPS) is 14.4. The summed E-state index contributed by atoms with van der Waals surface area (Å²) in [5, 5.41) is 4.36. The molecule has 1 rings (SSSR count). The van der Waals surface area contributed by atoms with E-state index in [-0.39, 0.29) is 0 Å². The Morgan fingerprint density at radius 3 is 2.61 bits per heavy atom. The van der Waals surface area contributed by atoms with Gasteiger partial charge in [0.25, 0.3) is 0 Å². The molecule has 0 aromatic heterocycles. The molecule has 2 heteroatoms. The number of hydrogen-bond acceptors (Lipinski definition) is 2. The zero-order valence-corrected chi connectivity index (χ0v) is 13.0. The van der Waals surface area contributed by atoms with Crippen LogP contribution in [0.2, 0.25) is 0 Å². The maximum atomic E-state index is 3.61. The first-order valence-electron chi connectivity index (χ1n) is 7.15. The van der Waals surface area contributed by atoms with Gasteiger partial charge >= 0.3 is 0 Å². The van der Waals surface area contributed by atoms with Crippen LogP contribution in [0, 0.1) is 0 Å². The molecule has 1 nitrogen and oxygen atoms in total. The molecule has 0 fully saturated rings. The second-order valence-corrected chi connectivity index (χ2v) is 6.23. The van der Waals surface area contributed by atoms with Crippen molar-refractivity contribution in [3.63, 3.8) is 0 Å². The van der Waals surface area contributed by atoms with Crippen molar-refractivity contribution in [3.8, 4) is 0 Å². The Morgan fingerprint density at radius 2 is 2.00 bits per heavy atom. The van der Waals surface area contributed by atoms with Crippen molar-refractivity contribution >= 4 is 11.8 Å². The summed E-state index contributed by atoms with van der Waals surface area (Å²) in [7, 11) is 0. The average molecular weight is 265 g/mol. The van der Waals surface area contributed by atoms with Gasteiger partial charge in [-0.25, -0.2) is 0 Å². The molecule has 2 atom stereocenters. The van der Waals surface area contributed by atoms with Crippen molar-refractivity contribution < 1.29 is 0 Å². The van der Waals surface area contributed by atoms with Gasteiger partial charge < -0.3 is 5.32 Å². The Morgan fingerprint density at radius 1 is 1.22 bits per heavy atom. The van der Waals surface area contributed by atoms with Gasteiger partial charge in [-0.15, -0.1) is 0 Å². The van der Waals surface area contributed by atoms with Gasteiger partial charge in [0.2, 0.25) is 0 Å². The molecule has 0 spiro atoms. The SMILES string of the molecule is CCNC(CSC(C)CC)c1cccc(CC)c1. The zero-order valence-electron chi connectivity index (χ0n) is 12.2. The molecule has 0 amide bonds. The van der Waals surface area contributed by atoms with E-state index < -0.39 is 0 Å². The highest BCUT2D eigenvalue weighted by molar-refractivity contribution is 7.99. The van der Waals surface area contributed by atoms with E-state index in [0.717, 1.165) is 24.0 Å². The van der Waals surface area contributed by atoms with Crippen molar-refractivity contribution in [2.24, 2.45) is 0 Å². The molecule has 0 heterocycles. The predicted molar refractivity (Wildman–Crippen MR) is 84.4 cm³/mol. The number of hydrogen-bond donors (Lipinski definition) is 1. The summed E-state index contributed by atoms with van der Waals surface area (Å²) in [5.41, 5.74) is 2.87. The first-order chi connectivity index (χ1) is 8.71. The van der Waals surface area contributed by atoms with Gasteiger partial charge in [-0.05, 0) is 30.5 Å². The summed E-state index contributed by atoms with van der Waals surface area (Å²) >= 11 is 2.07. The van der Waals surface area contributed by atoms with Gasteiger partial charge in [0.15, 0.2) is 0 Å². The van der Waals surface area contributed by atoms with E-state index in [2.05, 4.69) is 69.0 Å². The van der Waals surface area contributed by atoms with Crippen LogP contribution < -0.4 is 5.32 Å². The van der Waals surface area contributed by atoms with Crippen LogP contribution in [0.5, 0.6) is 0 Å². The molecule has 1 aromatic rings. The third kappa shape index (κ3) is 5.03. The van der Waals surface area contributed by atoms with Crippen LogP contribution in [0.25, 0.3) is 0 Å². The molecule has 0 aliphatic carbocycles. The lowest BCUT2D eigenvalue weighted by atomic mass is 10.0. The summed E-state index contributed by atoms with van der Waals surface area (Å²) in [6.45, 7) is 10.0. The first-order valence-corrected chi connectivity index (χ1v) is 8.19. The average Bonchev–Trinajstić information content (AvgIpc) is 2.43. The highest BCUT2D eigenvalue weighted by Crippen LogP contribution is 2.23. The summed E-state index contributed by atoms with van der Waals surface area (Å²) in [5.74, 6) is 1.16. The molecule has 0 saturated heterocycles. The van der Waals surface area contributed by atoms with Crippen molar-refractivity contribution in [2.45, 2.75) is 51.8 Å². The third-order valence-corrected chi connectivity index (χ3v) is 4.76. The zero-order chi connectivity index (χ0) is 13.4. The highest BCUT2D eigenvalue weighted by atomic mass is 32.2. The molecule has 0 aliphatic heterocycles. The number of rotatable bonds is 8. The number of aryl methyl sites for hydroxylation is 1. The first kappa shape index (κ1) is 15.6. The van der Waals surface area contributed by atoms with E-state index in [1.54, 1.807) is 0 Å². The van der Waals surface area contributed by atoms with Crippen LogP contribution in [0.15, 0.2) is 24.3 Å². The van der Waals surface area contributed by atoms with E-state index in [1.807, 2.05) is 0 Å². The lowest BCUT2D eigenvalue weighted by Crippen LogP contribution is -2.23. The molecular formula is C16H27NS. The van der Waals surface area contributed by atoms with Crippen LogP contribution in [0.4, 0.5) is 0 Å². The van der Waals surface area contributed by atoms with Crippen LogP contribution in [0.1, 0.15) is 51.3 Å². The van der Waals surface area contributed by atoms with E-state index in [0.29, 0.717) is 6.04 Å². The lowest BCUT2D eigenvalue weighted by molar-refractivity contribution is 0.604. The quantitative estimate of drug-likeness (QED) is 0.746. The van der Waals surface area contributed by atoms with Gasteiger partial charge in [-0.2, -0.15) is 11.8 Å². The summed E-state index contributed by atoms with van der Waals surface area (Å²) in [6, 6.07) is 9.50. The Labute approximate surface area is 117 Å². The van der Waals surface area contributed by atoms with Crippen LogP contribution >= 0.6 is 11.8 Å². The number of benzene rings is 1. The Hall–Kier alpha value is -0.470. The van der Waals surface area contributed by atoms with Gasteiger partial charge in [0.1, 0.15) is 0 Å². The summed E-state index contributed by atoms with van der Waals surface area (Å²) in [6.07, 6.45) is 2.36. The fraction of sp³-hybridized carbons (Fsp3) is 0.625. The third-order valence-electron chi connectivity index (χ3n) is 3.33. The van der Waals surface area contributed by atoms with Gasteiger partial charge in [0.05, 0.1) is 0 Å². The molecule has 2 unspecified atom stereocenters. The second kappa shape index (κ2) is 8.60. The van der Waals surface area contributed by atoms with Crippen molar-refractivity contribution in [1.29, 1.82) is 0 Å². The molecule has 0 saturated carbocycles. The monoisotopic (exact) mass is 265 g/mol. The minimum atomic E-state index is 0.487. The second-order valence-electron chi connectivity index (χ2n) is 4.76. The number of thioether (sulfide) groups is 1. The predicted octanol–water partition coefficient (Wildman–Crippen LogP) is 4.43. The van der Waals surface area contributed by atoms with Gasteiger partial charge in [-0.1, -0.05) is 52.0 Å². The van der Waals surface area contributed by atoms with Gasteiger partial charge in [0, 0.05) is 17.0 Å². The smallest absolute Gasteiger partial charge is 0.0411 e. The number of nitrogens with one attached hydrogen (secondary N) is 1. The summed E-state index contributed by atoms with van der Waals surface area (Å²) in [4.78, 5) is 0. The molecular weight excluding hydrogens is 238 g/mol. The lowest BCUT2D eigenvalue weighted by Gasteiger charge is -2.20. The molecule has 1 N–H and O–H groups in total. The Bertz CT molecular complexity index is 338. The Kier molecular flexibility index (Phi) is 7.45. The standard InChI is InChI=1S/C16H27NS/c1-5-13(4)18-12-16(17-7-3)15-10-8-9-14(6-2)11-15/h8-11,13,16-17H,5-7,12H2,1-4H3. The molecule has 18 heavy (non-hydrogen) atoms. The van der Waals surface area contributed by atoms with Crippen LogP contribution in [0.3, 0.4) is 0 Å². The van der Waals surface area contributed by atoms with Crippen molar-refractivity contribution in [3.05, 3.63) is 35.4 Å². The van der Waals surface area contributed by atoms with Gasteiger partial charge in [-0.3, -0.25) is 0 Å². The molecule has 0 aliphatic rings. The summed E-state index contributed by atoms with van der Waals surface area (Å²) < 4.78 is 0. The van der Waals surface area contributed by atoms with E-state index in [9.17, 15) is 0 Å². The van der Waals surface area contributed by atoms with Crippen LogP contribution in [-0.4, -0.2) is 17.5 Å². The fourth-order valence-corrected chi connectivity index (χ4v) is 2.99. The fourth-order valence-electron chi connectivity index (χ4n) is 1.93. The van der Waals surface area contributed by atoms with Crippen molar-refractivity contribution in [1.82, 2.24) is 5.32 Å². The molecule has 0 radical (unpaired) electrons. The largest absolute Gasteiger partial charge is 0.310 e. The maximum Gasteiger partial charge on any atom is 0.0411 e. The highest BCUT2D eigenvalue weighted by Gasteiger charge is 2.12.